The maximum absolute atomic E-state index is 13.0. The molecule has 0 saturated carbocycles. The predicted molar refractivity (Wildman–Crippen MR) is 126 cm³/mol. The van der Waals surface area contributed by atoms with Crippen molar-refractivity contribution in [1.82, 2.24) is 4.90 Å². The molecule has 0 radical (unpaired) electrons. The summed E-state index contributed by atoms with van der Waals surface area (Å²) in [7, 11) is 1.60. The third-order valence-electron chi connectivity index (χ3n) is 4.52. The number of ether oxygens (including phenoxy) is 2. The molecule has 31 heavy (non-hydrogen) atoms. The van der Waals surface area contributed by atoms with E-state index in [2.05, 4.69) is 18.5 Å². The zero-order valence-corrected chi connectivity index (χ0v) is 18.5. The van der Waals surface area contributed by atoms with Gasteiger partial charge in [0.2, 0.25) is 0 Å². The molecule has 0 unspecified atom stereocenters. The minimum absolute atomic E-state index is 0.135. The minimum Gasteiger partial charge on any atom is -0.508 e. The average Bonchev–Trinajstić information content (AvgIpc) is 3.05. The van der Waals surface area contributed by atoms with Crippen LogP contribution in [0.2, 0.25) is 0 Å². The van der Waals surface area contributed by atoms with Crippen LogP contribution in [-0.4, -0.2) is 41.3 Å². The Morgan fingerprint density at radius 3 is 2.65 bits per heavy atom. The molecule has 0 bridgehead atoms. The number of rotatable bonds is 9. The number of hydrogen-bond donors (Lipinski definition) is 1. The van der Waals surface area contributed by atoms with Crippen molar-refractivity contribution in [3.8, 4) is 17.2 Å². The number of amidine groups is 1. The number of nitrogens with zero attached hydrogens (tertiary/aromatic N) is 2. The number of carbonyl (C=O) groups is 1. The lowest BCUT2D eigenvalue weighted by Crippen LogP contribution is -2.29. The van der Waals surface area contributed by atoms with Gasteiger partial charge >= 0.3 is 0 Å². The van der Waals surface area contributed by atoms with Gasteiger partial charge in [0, 0.05) is 6.54 Å². The molecule has 6 nitrogen and oxygen atoms in total. The van der Waals surface area contributed by atoms with E-state index in [4.69, 9.17) is 9.47 Å². The van der Waals surface area contributed by atoms with Gasteiger partial charge in [-0.3, -0.25) is 9.69 Å². The summed E-state index contributed by atoms with van der Waals surface area (Å²) in [5.74, 6) is 1.34. The van der Waals surface area contributed by atoms with E-state index in [-0.39, 0.29) is 11.7 Å². The standard InChI is InChI=1S/C24H26N2O4S/c1-4-6-14-30-20-12-7-17(15-21(20)29-3)16-22-23(28)26(13-5-2)24(31-22)25-18-8-10-19(27)11-9-18/h5,7-12,15-16,27H,2,4,6,13-14H2,1,3H3/b22-16-,25-24?. The second kappa shape index (κ2) is 10.7. The van der Waals surface area contributed by atoms with Gasteiger partial charge in [-0.1, -0.05) is 25.5 Å². The van der Waals surface area contributed by atoms with E-state index in [1.165, 1.54) is 11.8 Å². The number of methoxy groups -OCH3 is 1. The topological polar surface area (TPSA) is 71.4 Å². The Bertz CT molecular complexity index is 999. The van der Waals surface area contributed by atoms with Gasteiger partial charge in [0.05, 0.1) is 24.3 Å². The van der Waals surface area contributed by atoms with Crippen LogP contribution >= 0.6 is 11.8 Å². The lowest BCUT2D eigenvalue weighted by Gasteiger charge is -2.12. The first-order chi connectivity index (χ1) is 15.0. The van der Waals surface area contributed by atoms with Gasteiger partial charge in [0.25, 0.3) is 5.91 Å². The van der Waals surface area contributed by atoms with Crippen molar-refractivity contribution in [3.05, 3.63) is 65.6 Å². The molecule has 2 aromatic carbocycles. The normalized spacial score (nSPS) is 16.2. The minimum atomic E-state index is -0.135. The molecule has 1 N–H and O–H groups in total. The molecule has 1 aliphatic heterocycles. The number of hydrogen-bond acceptors (Lipinski definition) is 6. The van der Waals surface area contributed by atoms with E-state index in [1.54, 1.807) is 42.4 Å². The van der Waals surface area contributed by atoms with Crippen molar-refractivity contribution in [2.75, 3.05) is 20.3 Å². The second-order valence-electron chi connectivity index (χ2n) is 6.84. The lowest BCUT2D eigenvalue weighted by molar-refractivity contribution is -0.121. The molecule has 3 rings (SSSR count). The first kappa shape index (κ1) is 22.5. The van der Waals surface area contributed by atoms with Crippen LogP contribution in [0.5, 0.6) is 17.2 Å². The van der Waals surface area contributed by atoms with Crippen LogP contribution in [0, 0.1) is 0 Å². The van der Waals surface area contributed by atoms with E-state index in [9.17, 15) is 9.90 Å². The van der Waals surface area contributed by atoms with Crippen molar-refractivity contribution in [2.45, 2.75) is 19.8 Å². The summed E-state index contributed by atoms with van der Waals surface area (Å²) < 4.78 is 11.2. The molecule has 0 aromatic heterocycles. The molecule has 1 aliphatic rings. The van der Waals surface area contributed by atoms with Crippen molar-refractivity contribution in [3.63, 3.8) is 0 Å². The maximum atomic E-state index is 13.0. The Hall–Kier alpha value is -3.19. The Morgan fingerprint density at radius 1 is 1.19 bits per heavy atom. The number of benzene rings is 2. The molecule has 1 heterocycles. The molecule has 0 atom stereocenters. The highest BCUT2D eigenvalue weighted by Gasteiger charge is 2.32. The summed E-state index contributed by atoms with van der Waals surface area (Å²) in [5.41, 5.74) is 1.48. The highest BCUT2D eigenvalue weighted by atomic mass is 32.2. The van der Waals surface area contributed by atoms with Crippen LogP contribution in [0.15, 0.2) is 65.0 Å². The van der Waals surface area contributed by atoms with Crippen LogP contribution in [0.25, 0.3) is 6.08 Å². The maximum Gasteiger partial charge on any atom is 0.267 e. The van der Waals surface area contributed by atoms with Crippen molar-refractivity contribution < 1.29 is 19.4 Å². The van der Waals surface area contributed by atoms with Crippen LogP contribution < -0.4 is 9.47 Å². The third-order valence-corrected chi connectivity index (χ3v) is 5.52. The van der Waals surface area contributed by atoms with Gasteiger partial charge in [-0.25, -0.2) is 4.99 Å². The molecule has 1 saturated heterocycles. The Labute approximate surface area is 186 Å². The summed E-state index contributed by atoms with van der Waals surface area (Å²) >= 11 is 1.30. The summed E-state index contributed by atoms with van der Waals surface area (Å²) in [6.07, 6.45) is 5.52. The largest absolute Gasteiger partial charge is 0.508 e. The fourth-order valence-electron chi connectivity index (χ4n) is 2.89. The fraction of sp³-hybridized carbons (Fsp3) is 0.250. The van der Waals surface area contributed by atoms with Crippen LogP contribution in [-0.2, 0) is 4.79 Å². The highest BCUT2D eigenvalue weighted by Crippen LogP contribution is 2.36. The third kappa shape index (κ3) is 5.70. The van der Waals surface area contributed by atoms with Gasteiger partial charge in [0.15, 0.2) is 16.7 Å². The van der Waals surface area contributed by atoms with E-state index >= 15 is 0 Å². The molecular formula is C24H26N2O4S. The molecule has 2 aromatic rings. The molecule has 0 aliphatic carbocycles. The van der Waals surface area contributed by atoms with E-state index in [1.807, 2.05) is 24.3 Å². The van der Waals surface area contributed by atoms with Gasteiger partial charge in [-0.05, 0) is 66.2 Å². The summed E-state index contributed by atoms with van der Waals surface area (Å²) in [4.78, 5) is 19.7. The number of unbranched alkanes of at least 4 members (excludes halogenated alkanes) is 1. The van der Waals surface area contributed by atoms with E-state index in [0.29, 0.717) is 40.4 Å². The summed E-state index contributed by atoms with van der Waals surface area (Å²) in [5, 5.41) is 10.0. The van der Waals surface area contributed by atoms with Gasteiger partial charge < -0.3 is 14.6 Å². The van der Waals surface area contributed by atoms with E-state index < -0.39 is 0 Å². The molecule has 162 valence electrons. The SMILES string of the molecule is C=CCN1C(=O)/C(=C/c2ccc(OCCCC)c(OC)c2)SC1=Nc1ccc(O)cc1. The molecule has 7 heteroatoms. The molecule has 1 amide bonds. The van der Waals surface area contributed by atoms with Crippen molar-refractivity contribution in [2.24, 2.45) is 4.99 Å². The second-order valence-corrected chi connectivity index (χ2v) is 7.85. The zero-order valence-electron chi connectivity index (χ0n) is 17.7. The smallest absolute Gasteiger partial charge is 0.267 e. The number of aromatic hydroxyl groups is 1. The molecule has 0 spiro atoms. The number of amides is 1. The fourth-order valence-corrected chi connectivity index (χ4v) is 3.90. The van der Waals surface area contributed by atoms with Crippen LogP contribution in [0.3, 0.4) is 0 Å². The monoisotopic (exact) mass is 438 g/mol. The van der Waals surface area contributed by atoms with Gasteiger partial charge in [-0.15, -0.1) is 6.58 Å². The lowest BCUT2D eigenvalue weighted by atomic mass is 10.2. The average molecular weight is 439 g/mol. The van der Waals surface area contributed by atoms with Gasteiger partial charge in [0.1, 0.15) is 5.75 Å². The van der Waals surface area contributed by atoms with Crippen molar-refractivity contribution in [1.29, 1.82) is 0 Å². The van der Waals surface area contributed by atoms with Gasteiger partial charge in [-0.2, -0.15) is 0 Å². The predicted octanol–water partition coefficient (Wildman–Crippen LogP) is 5.37. The molecular weight excluding hydrogens is 412 g/mol. The number of phenols is 1. The van der Waals surface area contributed by atoms with Crippen LogP contribution in [0.4, 0.5) is 5.69 Å². The first-order valence-electron chi connectivity index (χ1n) is 10.1. The van der Waals surface area contributed by atoms with Crippen LogP contribution in [0.1, 0.15) is 25.3 Å². The Kier molecular flexibility index (Phi) is 7.78. The Morgan fingerprint density at radius 2 is 1.97 bits per heavy atom. The number of aliphatic imine (C=N–C) groups is 1. The quantitative estimate of drug-likeness (QED) is 0.324. The number of thioether (sulfide) groups is 1. The highest BCUT2D eigenvalue weighted by molar-refractivity contribution is 8.18. The van der Waals surface area contributed by atoms with E-state index in [0.717, 1.165) is 18.4 Å². The van der Waals surface area contributed by atoms with Crippen molar-refractivity contribution >= 4 is 34.6 Å². The number of phenolic OH excluding ortho intramolecular Hbond substituents is 1. The zero-order chi connectivity index (χ0) is 22.2. The Balaban J connectivity index is 1.87. The number of carbonyl (C=O) groups excluding carboxylic acids is 1. The summed E-state index contributed by atoms with van der Waals surface area (Å²) in [6, 6.07) is 12.1. The summed E-state index contributed by atoms with van der Waals surface area (Å²) in [6.45, 7) is 6.84. The molecule has 1 fully saturated rings. The first-order valence-corrected chi connectivity index (χ1v) is 10.9.